The van der Waals surface area contributed by atoms with E-state index >= 15 is 0 Å². The van der Waals surface area contributed by atoms with Crippen LogP contribution in [0.5, 0.6) is 0 Å². The lowest BCUT2D eigenvalue weighted by atomic mass is 9.99. The van der Waals surface area contributed by atoms with Crippen molar-refractivity contribution in [2.75, 3.05) is 0 Å². The molecule has 1 aliphatic carbocycles. The zero-order valence-electron chi connectivity index (χ0n) is 15.6. The summed E-state index contributed by atoms with van der Waals surface area (Å²) in [5.41, 5.74) is 5.88. The van der Waals surface area contributed by atoms with Gasteiger partial charge in [-0.15, -0.1) is 0 Å². The van der Waals surface area contributed by atoms with Crippen LogP contribution in [0.25, 0.3) is 11.6 Å². The van der Waals surface area contributed by atoms with Crippen LogP contribution >= 0.6 is 0 Å². The topological polar surface area (TPSA) is 20.3 Å². The summed E-state index contributed by atoms with van der Waals surface area (Å²) in [6, 6.07) is 16.9. The number of carbonyl (C=O) groups is 1. The van der Waals surface area contributed by atoms with E-state index in [9.17, 15) is 4.79 Å². The molecule has 0 saturated carbocycles. The van der Waals surface area contributed by atoms with E-state index in [0.29, 0.717) is 0 Å². The number of nitrogens with zero attached hydrogens (tertiary/aromatic N) is 1. The van der Waals surface area contributed by atoms with Crippen LogP contribution in [0, 0.1) is 0 Å². The predicted octanol–water partition coefficient (Wildman–Crippen LogP) is 5.43. The maximum absolute atomic E-state index is 13.2. The SMILES string of the molecule is CC(C)N(C(=O)c1ccccc1/C=C1/CCc2ccccc21)C(C)C. The van der Waals surface area contributed by atoms with E-state index in [4.69, 9.17) is 0 Å². The van der Waals surface area contributed by atoms with E-state index in [1.165, 1.54) is 16.7 Å². The van der Waals surface area contributed by atoms with Gasteiger partial charge in [-0.05, 0) is 68.9 Å². The molecule has 3 rings (SSSR count). The van der Waals surface area contributed by atoms with Crippen LogP contribution in [0.15, 0.2) is 48.5 Å². The summed E-state index contributed by atoms with van der Waals surface area (Å²) in [6.07, 6.45) is 4.33. The number of hydrogen-bond acceptors (Lipinski definition) is 1. The van der Waals surface area contributed by atoms with Gasteiger partial charge in [0.2, 0.25) is 0 Å². The van der Waals surface area contributed by atoms with Gasteiger partial charge in [0.15, 0.2) is 0 Å². The molecule has 0 fully saturated rings. The van der Waals surface area contributed by atoms with E-state index in [2.05, 4.69) is 64.1 Å². The number of amides is 1. The third kappa shape index (κ3) is 3.53. The van der Waals surface area contributed by atoms with Gasteiger partial charge in [-0.1, -0.05) is 48.5 Å². The lowest BCUT2D eigenvalue weighted by Gasteiger charge is -2.31. The van der Waals surface area contributed by atoms with Gasteiger partial charge in [0, 0.05) is 17.6 Å². The maximum atomic E-state index is 13.2. The van der Waals surface area contributed by atoms with Gasteiger partial charge in [0.25, 0.3) is 5.91 Å². The van der Waals surface area contributed by atoms with Crippen molar-refractivity contribution in [3.05, 3.63) is 70.8 Å². The number of rotatable bonds is 4. The molecule has 0 radical (unpaired) electrons. The fourth-order valence-corrected chi connectivity index (χ4v) is 3.82. The molecule has 1 aliphatic rings. The summed E-state index contributed by atoms with van der Waals surface area (Å²) in [5, 5.41) is 0. The molecule has 0 atom stereocenters. The normalized spacial score (nSPS) is 15.0. The Morgan fingerprint density at radius 3 is 2.28 bits per heavy atom. The highest BCUT2D eigenvalue weighted by atomic mass is 16.2. The standard InChI is InChI=1S/C23H27NO/c1-16(2)24(17(3)4)23(25)22-12-8-6-10-19(22)15-20-14-13-18-9-5-7-11-21(18)20/h5-12,15-17H,13-14H2,1-4H3/b20-15-. The van der Waals surface area contributed by atoms with Crippen LogP contribution in [0.3, 0.4) is 0 Å². The van der Waals surface area contributed by atoms with Gasteiger partial charge < -0.3 is 4.90 Å². The van der Waals surface area contributed by atoms with Crippen molar-refractivity contribution in [2.45, 2.75) is 52.6 Å². The summed E-state index contributed by atoms with van der Waals surface area (Å²) in [5.74, 6) is 0.115. The van der Waals surface area contributed by atoms with Gasteiger partial charge in [-0.2, -0.15) is 0 Å². The van der Waals surface area contributed by atoms with Crippen molar-refractivity contribution in [3.8, 4) is 0 Å². The lowest BCUT2D eigenvalue weighted by molar-refractivity contribution is 0.0643. The minimum Gasteiger partial charge on any atom is -0.334 e. The van der Waals surface area contributed by atoms with Crippen LogP contribution in [0.4, 0.5) is 0 Å². The van der Waals surface area contributed by atoms with Crippen molar-refractivity contribution in [3.63, 3.8) is 0 Å². The smallest absolute Gasteiger partial charge is 0.254 e. The molecule has 0 saturated heterocycles. The first-order chi connectivity index (χ1) is 12.0. The van der Waals surface area contributed by atoms with Gasteiger partial charge >= 0.3 is 0 Å². The molecule has 2 heteroatoms. The van der Waals surface area contributed by atoms with Gasteiger partial charge in [0.05, 0.1) is 0 Å². The highest BCUT2D eigenvalue weighted by Crippen LogP contribution is 2.34. The number of carbonyl (C=O) groups excluding carboxylic acids is 1. The second-order valence-electron chi connectivity index (χ2n) is 7.31. The lowest BCUT2D eigenvalue weighted by Crippen LogP contribution is -2.42. The molecule has 2 aromatic rings. The Morgan fingerprint density at radius 1 is 0.920 bits per heavy atom. The molecule has 2 aromatic carbocycles. The van der Waals surface area contributed by atoms with Crippen molar-refractivity contribution < 1.29 is 4.79 Å². The Hall–Kier alpha value is -2.35. The fraction of sp³-hybridized carbons (Fsp3) is 0.348. The summed E-state index contributed by atoms with van der Waals surface area (Å²) in [4.78, 5) is 15.1. The number of fused-ring (bicyclic) bond motifs is 1. The Bertz CT molecular complexity index is 793. The zero-order chi connectivity index (χ0) is 18.0. The van der Waals surface area contributed by atoms with Crippen LogP contribution in [-0.2, 0) is 6.42 Å². The van der Waals surface area contributed by atoms with Gasteiger partial charge in [0.1, 0.15) is 0 Å². The van der Waals surface area contributed by atoms with Crippen LogP contribution in [-0.4, -0.2) is 22.9 Å². The zero-order valence-corrected chi connectivity index (χ0v) is 15.6. The van der Waals surface area contributed by atoms with Crippen molar-refractivity contribution >= 4 is 17.6 Å². The Morgan fingerprint density at radius 2 is 1.56 bits per heavy atom. The second kappa shape index (κ2) is 7.26. The average molecular weight is 333 g/mol. The number of hydrogen-bond donors (Lipinski definition) is 0. The molecule has 1 amide bonds. The molecule has 0 aliphatic heterocycles. The quantitative estimate of drug-likeness (QED) is 0.730. The first-order valence-electron chi connectivity index (χ1n) is 9.19. The average Bonchev–Trinajstić information content (AvgIpc) is 2.98. The highest BCUT2D eigenvalue weighted by Gasteiger charge is 2.23. The van der Waals surface area contributed by atoms with E-state index < -0.39 is 0 Å². The molecule has 0 spiro atoms. The predicted molar refractivity (Wildman–Crippen MR) is 106 cm³/mol. The molecule has 0 bridgehead atoms. The Labute approximate surface area is 151 Å². The molecule has 0 unspecified atom stereocenters. The third-order valence-corrected chi connectivity index (χ3v) is 4.90. The molecular weight excluding hydrogens is 306 g/mol. The number of aryl methyl sites for hydroxylation is 1. The van der Waals surface area contributed by atoms with Crippen LogP contribution in [0.1, 0.15) is 61.2 Å². The first kappa shape index (κ1) is 17.5. The van der Waals surface area contributed by atoms with Gasteiger partial charge in [-0.3, -0.25) is 4.79 Å². The largest absolute Gasteiger partial charge is 0.334 e. The number of benzene rings is 2. The Kier molecular flexibility index (Phi) is 5.08. The van der Waals surface area contributed by atoms with E-state index in [0.717, 1.165) is 24.0 Å². The van der Waals surface area contributed by atoms with E-state index in [1.807, 2.05) is 23.1 Å². The summed E-state index contributed by atoms with van der Waals surface area (Å²) in [7, 11) is 0. The number of allylic oxidation sites excluding steroid dienone is 1. The minimum atomic E-state index is 0.115. The fourth-order valence-electron chi connectivity index (χ4n) is 3.82. The molecule has 130 valence electrons. The maximum Gasteiger partial charge on any atom is 0.254 e. The monoisotopic (exact) mass is 333 g/mol. The second-order valence-corrected chi connectivity index (χ2v) is 7.31. The summed E-state index contributed by atoms with van der Waals surface area (Å²) < 4.78 is 0. The van der Waals surface area contributed by atoms with E-state index in [-0.39, 0.29) is 18.0 Å². The van der Waals surface area contributed by atoms with Gasteiger partial charge in [-0.25, -0.2) is 0 Å². The highest BCUT2D eigenvalue weighted by molar-refractivity contribution is 6.00. The summed E-state index contributed by atoms with van der Waals surface area (Å²) in [6.45, 7) is 8.30. The third-order valence-electron chi connectivity index (χ3n) is 4.90. The van der Waals surface area contributed by atoms with Crippen molar-refractivity contribution in [2.24, 2.45) is 0 Å². The molecule has 0 N–H and O–H groups in total. The van der Waals surface area contributed by atoms with Crippen LogP contribution in [0.2, 0.25) is 0 Å². The molecule has 25 heavy (non-hydrogen) atoms. The molecule has 0 aromatic heterocycles. The minimum absolute atomic E-state index is 0.115. The molecule has 2 nitrogen and oxygen atoms in total. The van der Waals surface area contributed by atoms with Crippen LogP contribution < -0.4 is 0 Å². The van der Waals surface area contributed by atoms with Crippen molar-refractivity contribution in [1.29, 1.82) is 0 Å². The summed E-state index contributed by atoms with van der Waals surface area (Å²) >= 11 is 0. The molecule has 0 heterocycles. The Balaban J connectivity index is 2.00. The first-order valence-corrected chi connectivity index (χ1v) is 9.19. The van der Waals surface area contributed by atoms with E-state index in [1.54, 1.807) is 0 Å². The van der Waals surface area contributed by atoms with Crippen molar-refractivity contribution in [1.82, 2.24) is 4.90 Å². The molecular formula is C23H27NO.